The summed E-state index contributed by atoms with van der Waals surface area (Å²) < 4.78 is 0. The lowest BCUT2D eigenvalue weighted by Gasteiger charge is -2.21. The van der Waals surface area contributed by atoms with E-state index in [9.17, 15) is 14.7 Å². The van der Waals surface area contributed by atoms with Crippen LogP contribution in [0.25, 0.3) is 0 Å². The first kappa shape index (κ1) is 17.2. The highest BCUT2D eigenvalue weighted by atomic mass is 16.3. The van der Waals surface area contributed by atoms with Crippen LogP contribution in [0.4, 0.5) is 11.4 Å². The molecule has 1 fully saturated rings. The molecule has 0 radical (unpaired) electrons. The Kier molecular flexibility index (Phi) is 5.14. The number of benzene rings is 2. The van der Waals surface area contributed by atoms with Crippen LogP contribution in [-0.4, -0.2) is 22.5 Å². The summed E-state index contributed by atoms with van der Waals surface area (Å²) in [5.74, 6) is -0.484. The number of aliphatic hydroxyl groups is 1. The summed E-state index contributed by atoms with van der Waals surface area (Å²) in [6.07, 6.45) is 3.30. The van der Waals surface area contributed by atoms with E-state index in [0.717, 1.165) is 12.8 Å². The third-order valence-corrected chi connectivity index (χ3v) is 4.51. The minimum atomic E-state index is -0.897. The number of anilines is 2. The second-order valence-corrected chi connectivity index (χ2v) is 6.52. The van der Waals surface area contributed by atoms with E-state index in [1.165, 1.54) is 0 Å². The molecule has 0 aliphatic heterocycles. The van der Waals surface area contributed by atoms with Gasteiger partial charge >= 0.3 is 0 Å². The van der Waals surface area contributed by atoms with Gasteiger partial charge in [-0.25, -0.2) is 0 Å². The summed E-state index contributed by atoms with van der Waals surface area (Å²) in [7, 11) is 0. The number of hydrogen-bond acceptors (Lipinski definition) is 3. The minimum absolute atomic E-state index is 0.0773. The van der Waals surface area contributed by atoms with E-state index in [-0.39, 0.29) is 18.2 Å². The molecule has 0 spiro atoms. The average molecular weight is 338 g/mol. The van der Waals surface area contributed by atoms with Crippen LogP contribution in [0.15, 0.2) is 54.6 Å². The zero-order valence-electron chi connectivity index (χ0n) is 14.0. The molecule has 25 heavy (non-hydrogen) atoms. The molecular weight excluding hydrogens is 316 g/mol. The van der Waals surface area contributed by atoms with Crippen molar-refractivity contribution in [3.05, 3.63) is 60.2 Å². The summed E-state index contributed by atoms with van der Waals surface area (Å²) in [5.41, 5.74) is 0.706. The molecule has 2 aromatic rings. The summed E-state index contributed by atoms with van der Waals surface area (Å²) in [5, 5.41) is 16.0. The van der Waals surface area contributed by atoms with E-state index in [2.05, 4.69) is 10.6 Å². The van der Waals surface area contributed by atoms with Gasteiger partial charge in [-0.3, -0.25) is 9.59 Å². The number of rotatable bonds is 5. The van der Waals surface area contributed by atoms with Crippen molar-refractivity contribution in [2.24, 2.45) is 0 Å². The molecule has 0 unspecified atom stereocenters. The number of amides is 2. The van der Waals surface area contributed by atoms with Gasteiger partial charge in [0.25, 0.3) is 5.91 Å². The highest BCUT2D eigenvalue weighted by Crippen LogP contribution is 2.33. The first-order valence-electron chi connectivity index (χ1n) is 8.53. The highest BCUT2D eigenvalue weighted by Gasteiger charge is 2.33. The molecule has 3 N–H and O–H groups in total. The molecule has 1 aliphatic rings. The number of hydrogen-bond donors (Lipinski definition) is 3. The summed E-state index contributed by atoms with van der Waals surface area (Å²) in [6, 6.07) is 15.9. The Morgan fingerprint density at radius 1 is 0.880 bits per heavy atom. The topological polar surface area (TPSA) is 78.4 Å². The fraction of sp³-hybridized carbons (Fsp3) is 0.300. The first-order chi connectivity index (χ1) is 12.1. The molecule has 0 heterocycles. The molecular formula is C20H22N2O3. The van der Waals surface area contributed by atoms with Gasteiger partial charge in [0.05, 0.1) is 23.4 Å². The highest BCUT2D eigenvalue weighted by molar-refractivity contribution is 6.07. The van der Waals surface area contributed by atoms with E-state index in [1.807, 2.05) is 6.07 Å². The first-order valence-corrected chi connectivity index (χ1v) is 8.53. The molecule has 2 aromatic carbocycles. The Balaban J connectivity index is 1.68. The predicted molar refractivity (Wildman–Crippen MR) is 97.5 cm³/mol. The fourth-order valence-corrected chi connectivity index (χ4v) is 3.19. The van der Waals surface area contributed by atoms with Gasteiger partial charge in [-0.1, -0.05) is 43.2 Å². The quantitative estimate of drug-likeness (QED) is 0.780. The maximum Gasteiger partial charge on any atom is 0.255 e. The molecule has 2 amide bonds. The van der Waals surface area contributed by atoms with Crippen molar-refractivity contribution in [3.63, 3.8) is 0 Å². The SMILES string of the molecule is O=C(CC1(O)CCCC1)Nc1ccccc1NC(=O)c1ccccc1. The Hall–Kier alpha value is -2.66. The molecule has 0 aromatic heterocycles. The maximum absolute atomic E-state index is 12.3. The summed E-state index contributed by atoms with van der Waals surface area (Å²) in [4.78, 5) is 24.6. The van der Waals surface area contributed by atoms with Crippen molar-refractivity contribution in [1.29, 1.82) is 0 Å². The zero-order valence-corrected chi connectivity index (χ0v) is 14.0. The standard InChI is InChI=1S/C20H22N2O3/c23-18(14-20(25)12-6-7-13-20)21-16-10-4-5-11-17(16)22-19(24)15-8-2-1-3-9-15/h1-5,8-11,25H,6-7,12-14H2,(H,21,23)(H,22,24). The lowest BCUT2D eigenvalue weighted by molar-refractivity contribution is -0.120. The normalized spacial score (nSPS) is 15.6. The van der Waals surface area contributed by atoms with Crippen LogP contribution in [0.3, 0.4) is 0 Å². The monoisotopic (exact) mass is 338 g/mol. The Morgan fingerprint density at radius 2 is 1.44 bits per heavy atom. The smallest absolute Gasteiger partial charge is 0.255 e. The third-order valence-electron chi connectivity index (χ3n) is 4.51. The van der Waals surface area contributed by atoms with Gasteiger partial charge < -0.3 is 15.7 Å². The second kappa shape index (κ2) is 7.49. The van der Waals surface area contributed by atoms with Crippen LogP contribution < -0.4 is 10.6 Å². The Labute approximate surface area is 147 Å². The van der Waals surface area contributed by atoms with Crippen molar-refractivity contribution in [2.45, 2.75) is 37.7 Å². The van der Waals surface area contributed by atoms with Crippen molar-refractivity contribution in [3.8, 4) is 0 Å². The molecule has 3 rings (SSSR count). The van der Waals surface area contributed by atoms with Crippen LogP contribution in [0.2, 0.25) is 0 Å². The van der Waals surface area contributed by atoms with Crippen molar-refractivity contribution >= 4 is 23.2 Å². The Bertz CT molecular complexity index is 753. The molecule has 130 valence electrons. The number of para-hydroxylation sites is 2. The van der Waals surface area contributed by atoms with Gasteiger partial charge in [0, 0.05) is 5.56 Å². The lowest BCUT2D eigenvalue weighted by Crippen LogP contribution is -2.31. The van der Waals surface area contributed by atoms with E-state index >= 15 is 0 Å². The van der Waals surface area contributed by atoms with Crippen molar-refractivity contribution in [2.75, 3.05) is 10.6 Å². The number of nitrogens with one attached hydrogen (secondary N) is 2. The molecule has 0 saturated heterocycles. The fourth-order valence-electron chi connectivity index (χ4n) is 3.19. The van der Waals surface area contributed by atoms with Crippen LogP contribution in [-0.2, 0) is 4.79 Å². The average Bonchev–Trinajstić information content (AvgIpc) is 3.03. The van der Waals surface area contributed by atoms with Gasteiger partial charge in [0.1, 0.15) is 0 Å². The van der Waals surface area contributed by atoms with Crippen molar-refractivity contribution in [1.82, 2.24) is 0 Å². The van der Waals surface area contributed by atoms with Gasteiger partial charge in [0.2, 0.25) is 5.91 Å². The van der Waals surface area contributed by atoms with Gasteiger partial charge in [0.15, 0.2) is 0 Å². The minimum Gasteiger partial charge on any atom is -0.389 e. The summed E-state index contributed by atoms with van der Waals surface area (Å²) >= 11 is 0. The van der Waals surface area contributed by atoms with Crippen LogP contribution in [0.1, 0.15) is 42.5 Å². The van der Waals surface area contributed by atoms with Gasteiger partial charge in [-0.2, -0.15) is 0 Å². The molecule has 1 saturated carbocycles. The van der Waals surface area contributed by atoms with E-state index in [1.54, 1.807) is 48.5 Å². The predicted octanol–water partition coefficient (Wildman–Crippen LogP) is 3.57. The maximum atomic E-state index is 12.3. The Morgan fingerprint density at radius 3 is 2.08 bits per heavy atom. The molecule has 1 aliphatic carbocycles. The zero-order chi connectivity index (χ0) is 17.7. The van der Waals surface area contributed by atoms with Gasteiger partial charge in [-0.15, -0.1) is 0 Å². The lowest BCUT2D eigenvalue weighted by atomic mass is 9.97. The summed E-state index contributed by atoms with van der Waals surface area (Å²) in [6.45, 7) is 0. The van der Waals surface area contributed by atoms with E-state index in [0.29, 0.717) is 29.8 Å². The van der Waals surface area contributed by atoms with E-state index < -0.39 is 5.60 Å². The third kappa shape index (κ3) is 4.45. The second-order valence-electron chi connectivity index (χ2n) is 6.52. The van der Waals surface area contributed by atoms with Crippen LogP contribution in [0, 0.1) is 0 Å². The van der Waals surface area contributed by atoms with Gasteiger partial charge in [-0.05, 0) is 37.1 Å². The largest absolute Gasteiger partial charge is 0.389 e. The molecule has 0 bridgehead atoms. The van der Waals surface area contributed by atoms with Crippen LogP contribution in [0.5, 0.6) is 0 Å². The number of carbonyl (C=O) groups is 2. The van der Waals surface area contributed by atoms with Crippen molar-refractivity contribution < 1.29 is 14.7 Å². The molecule has 5 nitrogen and oxygen atoms in total. The molecule has 5 heteroatoms. The molecule has 0 atom stereocenters. The number of carbonyl (C=O) groups excluding carboxylic acids is 2. The van der Waals surface area contributed by atoms with E-state index in [4.69, 9.17) is 0 Å². The van der Waals surface area contributed by atoms with Crippen LogP contribution >= 0.6 is 0 Å².